The second kappa shape index (κ2) is 8.08. The average Bonchev–Trinajstić information content (AvgIpc) is 2.56. The van der Waals surface area contributed by atoms with Crippen LogP contribution in [0.5, 0.6) is 5.75 Å². The molecular weight excluding hydrogens is 276 g/mol. The smallest absolute Gasteiger partial charge is 0.222 e. The van der Waals surface area contributed by atoms with E-state index in [2.05, 4.69) is 10.6 Å². The minimum absolute atomic E-state index is 0.0139. The first-order valence-electron chi connectivity index (χ1n) is 7.42. The van der Waals surface area contributed by atoms with Gasteiger partial charge in [0.1, 0.15) is 5.75 Å². The number of amides is 1. The molecule has 4 nitrogen and oxygen atoms in total. The zero-order valence-electron chi connectivity index (χ0n) is 13.0. The van der Waals surface area contributed by atoms with Gasteiger partial charge in [0.2, 0.25) is 5.91 Å². The van der Waals surface area contributed by atoms with Crippen molar-refractivity contribution in [1.29, 1.82) is 0 Å². The molecule has 0 bridgehead atoms. The molecular formula is C18H22N2O2. The molecule has 0 aliphatic carbocycles. The third-order valence-corrected chi connectivity index (χ3v) is 3.45. The summed E-state index contributed by atoms with van der Waals surface area (Å²) in [5.41, 5.74) is 2.00. The van der Waals surface area contributed by atoms with Crippen molar-refractivity contribution >= 4 is 11.6 Å². The first kappa shape index (κ1) is 15.9. The molecule has 0 aliphatic rings. The summed E-state index contributed by atoms with van der Waals surface area (Å²) in [5.74, 6) is 0.805. The predicted molar refractivity (Wildman–Crippen MR) is 89.1 cm³/mol. The van der Waals surface area contributed by atoms with Crippen LogP contribution in [0.1, 0.15) is 24.9 Å². The summed E-state index contributed by atoms with van der Waals surface area (Å²) in [6, 6.07) is 17.6. The Morgan fingerprint density at radius 1 is 1.09 bits per heavy atom. The third kappa shape index (κ3) is 4.52. The summed E-state index contributed by atoms with van der Waals surface area (Å²) in [6.07, 6.45) is 0.412. The number of carbonyl (C=O) groups is 1. The van der Waals surface area contributed by atoms with E-state index in [1.54, 1.807) is 7.11 Å². The number of methoxy groups -OCH3 is 1. The van der Waals surface area contributed by atoms with Crippen molar-refractivity contribution in [3.05, 3.63) is 60.2 Å². The lowest BCUT2D eigenvalue weighted by Gasteiger charge is -2.15. The van der Waals surface area contributed by atoms with E-state index in [4.69, 9.17) is 4.74 Å². The first-order valence-corrected chi connectivity index (χ1v) is 7.42. The van der Waals surface area contributed by atoms with Crippen LogP contribution in [0.15, 0.2) is 54.6 Å². The zero-order valence-corrected chi connectivity index (χ0v) is 13.0. The molecule has 2 aromatic rings. The van der Waals surface area contributed by atoms with Gasteiger partial charge in [0.05, 0.1) is 18.8 Å². The molecule has 0 aromatic heterocycles. The largest absolute Gasteiger partial charge is 0.495 e. The number of carbonyl (C=O) groups excluding carboxylic acids is 1. The van der Waals surface area contributed by atoms with Crippen LogP contribution in [0.4, 0.5) is 5.69 Å². The van der Waals surface area contributed by atoms with Gasteiger partial charge < -0.3 is 15.4 Å². The van der Waals surface area contributed by atoms with Crippen LogP contribution in [0.3, 0.4) is 0 Å². The molecule has 0 fully saturated rings. The fourth-order valence-corrected chi connectivity index (χ4v) is 2.24. The number of ether oxygens (including phenoxy) is 1. The summed E-state index contributed by atoms with van der Waals surface area (Å²) in [4.78, 5) is 12.0. The molecule has 0 radical (unpaired) electrons. The van der Waals surface area contributed by atoms with Crippen molar-refractivity contribution in [2.45, 2.75) is 19.4 Å². The number of para-hydroxylation sites is 2. The van der Waals surface area contributed by atoms with Crippen LogP contribution in [0.25, 0.3) is 0 Å². The molecule has 0 saturated heterocycles. The highest BCUT2D eigenvalue weighted by molar-refractivity contribution is 5.77. The van der Waals surface area contributed by atoms with Crippen LogP contribution in [-0.4, -0.2) is 19.6 Å². The lowest BCUT2D eigenvalue weighted by Crippen LogP contribution is -2.28. The van der Waals surface area contributed by atoms with Crippen LogP contribution in [0.2, 0.25) is 0 Å². The lowest BCUT2D eigenvalue weighted by atomic mass is 10.1. The Hall–Kier alpha value is -2.49. The van der Waals surface area contributed by atoms with Gasteiger partial charge in [-0.05, 0) is 24.6 Å². The zero-order chi connectivity index (χ0) is 15.8. The van der Waals surface area contributed by atoms with Crippen molar-refractivity contribution < 1.29 is 9.53 Å². The number of benzene rings is 2. The first-order chi connectivity index (χ1) is 10.7. The van der Waals surface area contributed by atoms with E-state index in [1.165, 1.54) is 0 Å². The molecule has 0 spiro atoms. The van der Waals surface area contributed by atoms with Gasteiger partial charge in [0, 0.05) is 13.0 Å². The molecule has 0 heterocycles. The minimum atomic E-state index is 0.0139. The third-order valence-electron chi connectivity index (χ3n) is 3.45. The number of rotatable bonds is 7. The highest BCUT2D eigenvalue weighted by Gasteiger charge is 2.09. The predicted octanol–water partition coefficient (Wildman–Crippen LogP) is 3.37. The van der Waals surface area contributed by atoms with Gasteiger partial charge in [-0.1, -0.05) is 42.5 Å². The number of hydrogen-bond donors (Lipinski definition) is 2. The summed E-state index contributed by atoms with van der Waals surface area (Å²) < 4.78 is 5.26. The Morgan fingerprint density at radius 3 is 2.50 bits per heavy atom. The summed E-state index contributed by atoms with van der Waals surface area (Å²) >= 11 is 0. The maximum absolute atomic E-state index is 12.0. The topological polar surface area (TPSA) is 50.4 Å². The molecule has 1 unspecified atom stereocenters. The standard InChI is InChI=1S/C18H22N2O2/c1-14(15-8-4-3-5-9-15)20-18(21)12-13-19-16-10-6-7-11-17(16)22-2/h3-11,14,19H,12-13H2,1-2H3,(H,20,21). The normalized spacial score (nSPS) is 11.5. The fourth-order valence-electron chi connectivity index (χ4n) is 2.24. The van der Waals surface area contributed by atoms with Crippen molar-refractivity contribution in [1.82, 2.24) is 5.32 Å². The molecule has 1 atom stereocenters. The van der Waals surface area contributed by atoms with Crippen LogP contribution < -0.4 is 15.4 Å². The van der Waals surface area contributed by atoms with Crippen molar-refractivity contribution in [3.63, 3.8) is 0 Å². The van der Waals surface area contributed by atoms with Gasteiger partial charge in [-0.15, -0.1) is 0 Å². The number of anilines is 1. The highest BCUT2D eigenvalue weighted by atomic mass is 16.5. The van der Waals surface area contributed by atoms with Gasteiger partial charge in [-0.2, -0.15) is 0 Å². The number of hydrogen-bond acceptors (Lipinski definition) is 3. The van der Waals surface area contributed by atoms with E-state index in [0.29, 0.717) is 13.0 Å². The maximum Gasteiger partial charge on any atom is 0.222 e. The van der Waals surface area contributed by atoms with Crippen molar-refractivity contribution in [3.8, 4) is 5.75 Å². The van der Waals surface area contributed by atoms with Gasteiger partial charge in [0.25, 0.3) is 0 Å². The van der Waals surface area contributed by atoms with E-state index < -0.39 is 0 Å². The summed E-state index contributed by atoms with van der Waals surface area (Å²) in [6.45, 7) is 2.55. The molecule has 0 aliphatic heterocycles. The molecule has 4 heteroatoms. The van der Waals surface area contributed by atoms with E-state index in [-0.39, 0.29) is 11.9 Å². The van der Waals surface area contributed by atoms with E-state index in [9.17, 15) is 4.79 Å². The highest BCUT2D eigenvalue weighted by Crippen LogP contribution is 2.22. The quantitative estimate of drug-likeness (QED) is 0.824. The second-order valence-electron chi connectivity index (χ2n) is 5.08. The van der Waals surface area contributed by atoms with Crippen molar-refractivity contribution in [2.24, 2.45) is 0 Å². The van der Waals surface area contributed by atoms with E-state index in [0.717, 1.165) is 17.0 Å². The Balaban J connectivity index is 1.78. The van der Waals surface area contributed by atoms with Crippen LogP contribution in [0, 0.1) is 0 Å². The van der Waals surface area contributed by atoms with Crippen LogP contribution >= 0.6 is 0 Å². The molecule has 0 saturated carbocycles. The average molecular weight is 298 g/mol. The van der Waals surface area contributed by atoms with Gasteiger partial charge in [0.15, 0.2) is 0 Å². The lowest BCUT2D eigenvalue weighted by molar-refractivity contribution is -0.121. The summed E-state index contributed by atoms with van der Waals surface area (Å²) in [5, 5.41) is 6.22. The van der Waals surface area contributed by atoms with Crippen LogP contribution in [-0.2, 0) is 4.79 Å². The number of nitrogens with one attached hydrogen (secondary N) is 2. The fraction of sp³-hybridized carbons (Fsp3) is 0.278. The monoisotopic (exact) mass is 298 g/mol. The summed E-state index contributed by atoms with van der Waals surface area (Å²) in [7, 11) is 1.63. The van der Waals surface area contributed by atoms with E-state index >= 15 is 0 Å². The Bertz CT molecular complexity index is 599. The maximum atomic E-state index is 12.0. The Morgan fingerprint density at radius 2 is 1.77 bits per heavy atom. The van der Waals surface area contributed by atoms with E-state index in [1.807, 2.05) is 61.5 Å². The molecule has 22 heavy (non-hydrogen) atoms. The minimum Gasteiger partial charge on any atom is -0.495 e. The molecule has 2 N–H and O–H groups in total. The SMILES string of the molecule is COc1ccccc1NCCC(=O)NC(C)c1ccccc1. The second-order valence-corrected chi connectivity index (χ2v) is 5.08. The van der Waals surface area contributed by atoms with Gasteiger partial charge in [-0.3, -0.25) is 4.79 Å². The Labute approximate surface area is 131 Å². The molecule has 1 amide bonds. The molecule has 116 valence electrons. The molecule has 2 aromatic carbocycles. The Kier molecular flexibility index (Phi) is 5.83. The molecule has 2 rings (SSSR count). The van der Waals surface area contributed by atoms with Gasteiger partial charge in [-0.25, -0.2) is 0 Å². The van der Waals surface area contributed by atoms with Gasteiger partial charge >= 0.3 is 0 Å². The van der Waals surface area contributed by atoms with Crippen molar-refractivity contribution in [2.75, 3.05) is 19.0 Å².